The lowest BCUT2D eigenvalue weighted by molar-refractivity contribution is -0.114. The van der Waals surface area contributed by atoms with E-state index >= 15 is 0 Å². The SMILES string of the molecule is CC(=O)Nc1cccc(NC(=O)c2ccc(CN(c3ccc(C)c(C)c3)S(C)(=O)=O)cc2)c1. The maximum Gasteiger partial charge on any atom is 0.255 e. The first kappa shape index (κ1) is 24.0. The Bertz CT molecular complexity index is 1290. The average molecular weight is 466 g/mol. The van der Waals surface area contributed by atoms with Crippen molar-refractivity contribution in [1.29, 1.82) is 0 Å². The third-order valence-corrected chi connectivity index (χ3v) is 6.30. The molecule has 0 saturated carbocycles. The third kappa shape index (κ3) is 6.43. The second-order valence-electron chi connectivity index (χ2n) is 7.95. The molecule has 0 aliphatic carbocycles. The fourth-order valence-electron chi connectivity index (χ4n) is 3.29. The number of aryl methyl sites for hydroxylation is 2. The van der Waals surface area contributed by atoms with Gasteiger partial charge in [0, 0.05) is 23.9 Å². The zero-order valence-corrected chi connectivity index (χ0v) is 19.9. The molecule has 0 atom stereocenters. The number of anilines is 3. The van der Waals surface area contributed by atoms with E-state index in [0.717, 1.165) is 16.7 Å². The van der Waals surface area contributed by atoms with Crippen molar-refractivity contribution >= 4 is 38.9 Å². The van der Waals surface area contributed by atoms with Crippen molar-refractivity contribution in [3.63, 3.8) is 0 Å². The van der Waals surface area contributed by atoms with Crippen LogP contribution in [0, 0.1) is 13.8 Å². The largest absolute Gasteiger partial charge is 0.326 e. The summed E-state index contributed by atoms with van der Waals surface area (Å²) < 4.78 is 26.2. The zero-order valence-electron chi connectivity index (χ0n) is 19.0. The number of nitrogens with one attached hydrogen (secondary N) is 2. The van der Waals surface area contributed by atoms with E-state index in [1.165, 1.54) is 17.5 Å². The van der Waals surface area contributed by atoms with Crippen molar-refractivity contribution < 1.29 is 18.0 Å². The smallest absolute Gasteiger partial charge is 0.255 e. The minimum atomic E-state index is -3.50. The van der Waals surface area contributed by atoms with Gasteiger partial charge < -0.3 is 10.6 Å². The molecule has 0 saturated heterocycles. The first-order valence-electron chi connectivity index (χ1n) is 10.4. The number of amides is 2. The Hall–Kier alpha value is -3.65. The van der Waals surface area contributed by atoms with Crippen LogP contribution in [0.5, 0.6) is 0 Å². The highest BCUT2D eigenvalue weighted by molar-refractivity contribution is 7.92. The fraction of sp³-hybridized carbons (Fsp3) is 0.200. The summed E-state index contributed by atoms with van der Waals surface area (Å²) in [4.78, 5) is 23.8. The van der Waals surface area contributed by atoms with Crippen molar-refractivity contribution in [2.75, 3.05) is 21.2 Å². The van der Waals surface area contributed by atoms with E-state index in [9.17, 15) is 18.0 Å². The molecule has 3 aromatic carbocycles. The Balaban J connectivity index is 1.75. The molecule has 0 aliphatic heterocycles. The summed E-state index contributed by atoms with van der Waals surface area (Å²) in [6.07, 6.45) is 1.18. The van der Waals surface area contributed by atoms with Gasteiger partial charge in [-0.15, -0.1) is 0 Å². The monoisotopic (exact) mass is 465 g/mol. The summed E-state index contributed by atoms with van der Waals surface area (Å²) in [5.74, 6) is -0.506. The van der Waals surface area contributed by atoms with Crippen molar-refractivity contribution in [2.45, 2.75) is 27.3 Å². The number of carbonyl (C=O) groups excluding carboxylic acids is 2. The molecule has 0 spiro atoms. The van der Waals surface area contributed by atoms with Crippen molar-refractivity contribution in [3.8, 4) is 0 Å². The molecule has 0 bridgehead atoms. The molecule has 33 heavy (non-hydrogen) atoms. The van der Waals surface area contributed by atoms with Gasteiger partial charge in [0.05, 0.1) is 18.5 Å². The average Bonchev–Trinajstić information content (AvgIpc) is 2.73. The van der Waals surface area contributed by atoms with E-state index < -0.39 is 10.0 Å². The van der Waals surface area contributed by atoms with E-state index in [1.54, 1.807) is 54.6 Å². The van der Waals surface area contributed by atoms with Gasteiger partial charge in [-0.25, -0.2) is 8.42 Å². The molecule has 172 valence electrons. The van der Waals surface area contributed by atoms with Crippen LogP contribution >= 0.6 is 0 Å². The van der Waals surface area contributed by atoms with Gasteiger partial charge in [0.2, 0.25) is 15.9 Å². The lowest BCUT2D eigenvalue weighted by atomic mass is 10.1. The van der Waals surface area contributed by atoms with E-state index in [2.05, 4.69) is 10.6 Å². The van der Waals surface area contributed by atoms with Crippen LogP contribution in [0.25, 0.3) is 0 Å². The second-order valence-corrected chi connectivity index (χ2v) is 9.86. The van der Waals surface area contributed by atoms with Crippen LogP contribution in [0.3, 0.4) is 0 Å². The zero-order chi connectivity index (χ0) is 24.2. The maximum absolute atomic E-state index is 12.6. The number of hydrogen-bond acceptors (Lipinski definition) is 4. The molecule has 0 radical (unpaired) electrons. The topological polar surface area (TPSA) is 95.6 Å². The molecule has 0 unspecified atom stereocenters. The van der Waals surface area contributed by atoms with Gasteiger partial charge in [-0.1, -0.05) is 24.3 Å². The Morgan fingerprint density at radius 2 is 1.48 bits per heavy atom. The Morgan fingerprint density at radius 1 is 0.848 bits per heavy atom. The van der Waals surface area contributed by atoms with Crippen molar-refractivity contribution in [2.24, 2.45) is 0 Å². The van der Waals surface area contributed by atoms with E-state index in [4.69, 9.17) is 0 Å². The first-order valence-corrected chi connectivity index (χ1v) is 12.2. The quantitative estimate of drug-likeness (QED) is 0.538. The predicted octanol–water partition coefficient (Wildman–Crippen LogP) is 4.48. The van der Waals surface area contributed by atoms with Crippen LogP contribution in [0.15, 0.2) is 66.7 Å². The molecular formula is C25H27N3O4S. The summed E-state index contributed by atoms with van der Waals surface area (Å²) >= 11 is 0. The standard InChI is InChI=1S/C25H27N3O4S/c1-17-8-13-24(14-18(17)2)28(33(4,31)32)16-20-9-11-21(12-10-20)25(30)27-23-7-5-6-22(15-23)26-19(3)29/h5-15H,16H2,1-4H3,(H,26,29)(H,27,30). The molecule has 0 heterocycles. The minimum Gasteiger partial charge on any atom is -0.326 e. The van der Waals surface area contributed by atoms with Crippen LogP contribution in [0.1, 0.15) is 34.0 Å². The van der Waals surface area contributed by atoms with Gasteiger partial charge in [0.25, 0.3) is 5.91 Å². The minimum absolute atomic E-state index is 0.155. The lowest BCUT2D eigenvalue weighted by Crippen LogP contribution is -2.29. The van der Waals surface area contributed by atoms with Gasteiger partial charge in [0.1, 0.15) is 0 Å². The highest BCUT2D eigenvalue weighted by atomic mass is 32.2. The first-order chi connectivity index (χ1) is 15.5. The maximum atomic E-state index is 12.6. The highest BCUT2D eigenvalue weighted by Gasteiger charge is 2.18. The number of benzene rings is 3. The predicted molar refractivity (Wildman–Crippen MR) is 132 cm³/mol. The molecular weight excluding hydrogens is 438 g/mol. The molecule has 0 fully saturated rings. The number of rotatable bonds is 7. The summed E-state index contributed by atoms with van der Waals surface area (Å²) in [6.45, 7) is 5.49. The molecule has 2 N–H and O–H groups in total. The summed E-state index contributed by atoms with van der Waals surface area (Å²) in [5, 5.41) is 5.47. The number of nitrogens with zero attached hydrogens (tertiary/aromatic N) is 1. The Morgan fingerprint density at radius 3 is 2.06 bits per heavy atom. The van der Waals surface area contributed by atoms with Crippen LogP contribution in [0.4, 0.5) is 17.1 Å². The van der Waals surface area contributed by atoms with E-state index in [0.29, 0.717) is 22.6 Å². The summed E-state index contributed by atoms with van der Waals surface area (Å²) in [5.41, 5.74) is 5.02. The lowest BCUT2D eigenvalue weighted by Gasteiger charge is -2.23. The molecule has 8 heteroatoms. The molecule has 3 aromatic rings. The normalized spacial score (nSPS) is 11.0. The second kappa shape index (κ2) is 9.87. The molecule has 0 aromatic heterocycles. The molecule has 3 rings (SSSR count). The van der Waals surface area contributed by atoms with Gasteiger partial charge >= 0.3 is 0 Å². The van der Waals surface area contributed by atoms with Gasteiger partial charge in [-0.3, -0.25) is 13.9 Å². The van der Waals surface area contributed by atoms with Crippen LogP contribution < -0.4 is 14.9 Å². The number of hydrogen-bond donors (Lipinski definition) is 2. The van der Waals surface area contributed by atoms with Crippen LogP contribution in [-0.4, -0.2) is 26.5 Å². The molecule has 7 nitrogen and oxygen atoms in total. The molecule has 2 amide bonds. The Kier molecular flexibility index (Phi) is 7.18. The third-order valence-electron chi connectivity index (χ3n) is 5.16. The van der Waals surface area contributed by atoms with E-state index in [1.807, 2.05) is 26.0 Å². The summed E-state index contributed by atoms with van der Waals surface area (Å²) in [6, 6.07) is 19.2. The number of carbonyl (C=O) groups is 2. The van der Waals surface area contributed by atoms with Crippen molar-refractivity contribution in [3.05, 3.63) is 89.0 Å². The van der Waals surface area contributed by atoms with Crippen LogP contribution in [0.2, 0.25) is 0 Å². The summed E-state index contributed by atoms with van der Waals surface area (Å²) in [7, 11) is -3.50. The van der Waals surface area contributed by atoms with Crippen LogP contribution in [-0.2, 0) is 21.4 Å². The molecule has 0 aliphatic rings. The highest BCUT2D eigenvalue weighted by Crippen LogP contribution is 2.24. The van der Waals surface area contributed by atoms with Gasteiger partial charge in [-0.05, 0) is 73.0 Å². The van der Waals surface area contributed by atoms with Crippen molar-refractivity contribution in [1.82, 2.24) is 0 Å². The Labute approximate surface area is 194 Å². The number of sulfonamides is 1. The fourth-order valence-corrected chi connectivity index (χ4v) is 4.17. The van der Waals surface area contributed by atoms with Gasteiger partial charge in [-0.2, -0.15) is 0 Å². The van der Waals surface area contributed by atoms with Gasteiger partial charge in [0.15, 0.2) is 0 Å². The van der Waals surface area contributed by atoms with E-state index in [-0.39, 0.29) is 18.4 Å².